The van der Waals surface area contributed by atoms with E-state index in [-0.39, 0.29) is 11.3 Å². The van der Waals surface area contributed by atoms with Crippen molar-refractivity contribution in [3.63, 3.8) is 0 Å². The topological polar surface area (TPSA) is 54.4 Å². The predicted octanol–water partition coefficient (Wildman–Crippen LogP) is 3.55. The molecule has 3 saturated carbocycles. The van der Waals surface area contributed by atoms with E-state index in [4.69, 9.17) is 5.11 Å². The molecule has 0 amide bonds. The van der Waals surface area contributed by atoms with Crippen LogP contribution in [0, 0.1) is 34.5 Å². The smallest absolute Gasteiger partial charge is 0.140 e. The zero-order chi connectivity index (χ0) is 16.8. The highest BCUT2D eigenvalue weighted by Crippen LogP contribution is 2.63. The van der Waals surface area contributed by atoms with Crippen molar-refractivity contribution >= 4 is 11.6 Å². The average Bonchev–Trinajstić information content (AvgIpc) is 2.95. The number of fused-ring (bicyclic) bond motifs is 5. The van der Waals surface area contributed by atoms with Crippen LogP contribution in [-0.2, 0) is 9.59 Å². The quantitative estimate of drug-likeness (QED) is 0.695. The molecule has 3 fully saturated rings. The molecule has 3 heteroatoms. The Balaban J connectivity index is 0.000000753. The van der Waals surface area contributed by atoms with Gasteiger partial charge in [-0.05, 0) is 55.3 Å². The van der Waals surface area contributed by atoms with Gasteiger partial charge in [0.05, 0.1) is 0 Å². The summed E-state index contributed by atoms with van der Waals surface area (Å²) in [7, 11) is 1.00. The summed E-state index contributed by atoms with van der Waals surface area (Å²) in [6.45, 7) is 4.54. The lowest BCUT2D eigenvalue weighted by atomic mass is 9.45. The van der Waals surface area contributed by atoms with Crippen molar-refractivity contribution in [2.75, 3.05) is 7.11 Å². The van der Waals surface area contributed by atoms with Gasteiger partial charge >= 0.3 is 0 Å². The van der Waals surface area contributed by atoms with Crippen LogP contribution in [0.5, 0.6) is 0 Å². The zero-order valence-corrected chi connectivity index (χ0v) is 14.7. The average molecular weight is 318 g/mol. The largest absolute Gasteiger partial charge is 0.400 e. The maximum atomic E-state index is 12.8. The van der Waals surface area contributed by atoms with Gasteiger partial charge in [0.15, 0.2) is 0 Å². The first-order chi connectivity index (χ1) is 11.0. The number of aliphatic hydroxyl groups excluding tert-OH is 1. The van der Waals surface area contributed by atoms with E-state index in [0.29, 0.717) is 47.6 Å². The van der Waals surface area contributed by atoms with Crippen molar-refractivity contribution in [3.05, 3.63) is 12.2 Å². The van der Waals surface area contributed by atoms with Crippen LogP contribution in [0.3, 0.4) is 0 Å². The number of allylic oxidation sites excluding steroid dienone is 2. The van der Waals surface area contributed by atoms with Crippen molar-refractivity contribution in [2.45, 2.75) is 58.8 Å². The molecule has 1 unspecified atom stereocenters. The van der Waals surface area contributed by atoms with E-state index >= 15 is 0 Å². The summed E-state index contributed by atoms with van der Waals surface area (Å²) in [5.74, 6) is 2.59. The molecular weight excluding hydrogens is 288 g/mol. The van der Waals surface area contributed by atoms with Crippen LogP contribution in [0.15, 0.2) is 12.2 Å². The number of Topliss-reactive ketones (excluding diaryl/α,β-unsaturated/α-hetero) is 2. The first-order valence-electron chi connectivity index (χ1n) is 9.15. The third-order valence-electron chi connectivity index (χ3n) is 7.63. The molecule has 0 aromatic heterocycles. The number of carbonyl (C=O) groups excluding carboxylic acids is 2. The minimum Gasteiger partial charge on any atom is -0.400 e. The van der Waals surface area contributed by atoms with E-state index in [1.165, 1.54) is 12.8 Å². The summed E-state index contributed by atoms with van der Waals surface area (Å²) < 4.78 is 0. The Morgan fingerprint density at radius 1 is 1.04 bits per heavy atom. The molecule has 6 atom stereocenters. The minimum absolute atomic E-state index is 0.0266. The number of ketones is 2. The second-order valence-electron chi connectivity index (χ2n) is 8.36. The molecule has 128 valence electrons. The predicted molar refractivity (Wildman–Crippen MR) is 89.8 cm³/mol. The zero-order valence-electron chi connectivity index (χ0n) is 14.7. The molecule has 1 N–H and O–H groups in total. The van der Waals surface area contributed by atoms with Crippen LogP contribution < -0.4 is 0 Å². The van der Waals surface area contributed by atoms with Gasteiger partial charge in [-0.15, -0.1) is 0 Å². The summed E-state index contributed by atoms with van der Waals surface area (Å²) in [5.41, 5.74) is 0.00819. The van der Waals surface area contributed by atoms with Gasteiger partial charge < -0.3 is 5.11 Å². The Morgan fingerprint density at radius 2 is 1.78 bits per heavy atom. The fourth-order valence-corrected chi connectivity index (χ4v) is 6.41. The summed E-state index contributed by atoms with van der Waals surface area (Å²) >= 11 is 0. The van der Waals surface area contributed by atoms with Gasteiger partial charge in [-0.2, -0.15) is 0 Å². The lowest BCUT2D eigenvalue weighted by molar-refractivity contribution is -0.161. The monoisotopic (exact) mass is 318 g/mol. The molecule has 0 bridgehead atoms. The number of rotatable bonds is 0. The standard InChI is InChI=1S/C19H26O2.CH4O/c1-18-10-3-4-13(18)12-5-6-15-16(20)7-8-17(21)19(15,2)14(12)9-11-18;1-2/h3,10,12-15H,4-9,11H2,1-2H3;2H,1H3/t12-,13-,14-,15?,18-,19+;/m0./s1. The number of hydrogen-bond acceptors (Lipinski definition) is 3. The molecule has 23 heavy (non-hydrogen) atoms. The first kappa shape index (κ1) is 16.9. The van der Waals surface area contributed by atoms with Crippen molar-refractivity contribution in [2.24, 2.45) is 34.5 Å². The third kappa shape index (κ3) is 2.26. The number of carbonyl (C=O) groups is 2. The SMILES string of the molecule is CO.C[C@@]12C=CC[C@H]1[C@@H]1CCC3C(=O)CCC(=O)[C@]3(C)[C@H]1CC2. The molecule has 3 nitrogen and oxygen atoms in total. The van der Waals surface area contributed by atoms with Gasteiger partial charge in [0.2, 0.25) is 0 Å². The Bertz CT molecular complexity index is 537. The number of hydrogen-bond donors (Lipinski definition) is 1. The van der Waals surface area contributed by atoms with Gasteiger partial charge in [0, 0.05) is 31.3 Å². The van der Waals surface area contributed by atoms with Crippen LogP contribution in [0.25, 0.3) is 0 Å². The molecule has 4 aliphatic rings. The Labute approximate surface area is 139 Å². The maximum absolute atomic E-state index is 12.8. The Hall–Kier alpha value is -0.960. The van der Waals surface area contributed by atoms with E-state index in [1.54, 1.807) is 0 Å². The van der Waals surface area contributed by atoms with Gasteiger partial charge in [-0.25, -0.2) is 0 Å². The van der Waals surface area contributed by atoms with Gasteiger partial charge in [-0.1, -0.05) is 26.0 Å². The molecule has 0 saturated heterocycles. The van der Waals surface area contributed by atoms with Gasteiger partial charge in [-0.3, -0.25) is 9.59 Å². The summed E-state index contributed by atoms with van der Waals surface area (Å²) in [6, 6.07) is 0. The summed E-state index contributed by atoms with van der Waals surface area (Å²) in [5, 5.41) is 7.00. The lowest BCUT2D eigenvalue weighted by Gasteiger charge is -2.58. The summed E-state index contributed by atoms with van der Waals surface area (Å²) in [6.07, 6.45) is 11.4. The molecule has 0 aromatic rings. The van der Waals surface area contributed by atoms with Gasteiger partial charge in [0.1, 0.15) is 11.6 Å². The van der Waals surface area contributed by atoms with Crippen molar-refractivity contribution in [1.82, 2.24) is 0 Å². The van der Waals surface area contributed by atoms with Gasteiger partial charge in [0.25, 0.3) is 0 Å². The van der Waals surface area contributed by atoms with Crippen LogP contribution in [-0.4, -0.2) is 23.8 Å². The first-order valence-corrected chi connectivity index (χ1v) is 9.15. The van der Waals surface area contributed by atoms with E-state index in [1.807, 2.05) is 0 Å². The second-order valence-corrected chi connectivity index (χ2v) is 8.36. The molecule has 0 heterocycles. The van der Waals surface area contributed by atoms with Crippen LogP contribution in [0.4, 0.5) is 0 Å². The van der Waals surface area contributed by atoms with Crippen molar-refractivity contribution < 1.29 is 14.7 Å². The van der Waals surface area contributed by atoms with Crippen LogP contribution in [0.1, 0.15) is 58.8 Å². The van der Waals surface area contributed by atoms with Crippen LogP contribution >= 0.6 is 0 Å². The molecule has 4 rings (SSSR count). The van der Waals surface area contributed by atoms with E-state index in [0.717, 1.165) is 26.4 Å². The fraction of sp³-hybridized carbons (Fsp3) is 0.800. The van der Waals surface area contributed by atoms with Crippen LogP contribution in [0.2, 0.25) is 0 Å². The molecule has 0 aliphatic heterocycles. The Morgan fingerprint density at radius 3 is 2.52 bits per heavy atom. The summed E-state index contributed by atoms with van der Waals surface area (Å²) in [4.78, 5) is 25.1. The van der Waals surface area contributed by atoms with E-state index in [2.05, 4.69) is 26.0 Å². The second kappa shape index (κ2) is 5.84. The normalized spacial score (nSPS) is 48.0. The molecule has 4 aliphatic carbocycles. The minimum atomic E-state index is -0.345. The van der Waals surface area contributed by atoms with E-state index in [9.17, 15) is 9.59 Å². The highest BCUT2D eigenvalue weighted by molar-refractivity contribution is 5.99. The molecule has 0 spiro atoms. The maximum Gasteiger partial charge on any atom is 0.140 e. The molecule has 0 radical (unpaired) electrons. The fourth-order valence-electron chi connectivity index (χ4n) is 6.41. The number of aliphatic hydroxyl groups is 1. The van der Waals surface area contributed by atoms with Crippen molar-refractivity contribution in [1.29, 1.82) is 0 Å². The highest BCUT2D eigenvalue weighted by Gasteiger charge is 2.60. The molecule has 0 aromatic carbocycles. The van der Waals surface area contributed by atoms with E-state index < -0.39 is 0 Å². The molecular formula is C20H30O3. The van der Waals surface area contributed by atoms with Crippen molar-refractivity contribution in [3.8, 4) is 0 Å². The third-order valence-corrected chi connectivity index (χ3v) is 7.63. The highest BCUT2D eigenvalue weighted by atomic mass is 16.2. The Kier molecular flexibility index (Phi) is 4.29. The lowest BCUT2D eigenvalue weighted by Crippen LogP contribution is -2.57.